The van der Waals surface area contributed by atoms with Gasteiger partial charge in [-0.15, -0.1) is 5.10 Å². The highest BCUT2D eigenvalue weighted by Gasteiger charge is 2.48. The summed E-state index contributed by atoms with van der Waals surface area (Å²) in [4.78, 5) is 18.9. The summed E-state index contributed by atoms with van der Waals surface area (Å²) in [5.41, 5.74) is -0.370. The first-order valence-electron chi connectivity index (χ1n) is 8.98. The molecule has 2 saturated carbocycles. The Morgan fingerprint density at radius 1 is 1.30 bits per heavy atom. The normalized spacial score (nSPS) is 18.4. The third kappa shape index (κ3) is 2.65. The summed E-state index contributed by atoms with van der Waals surface area (Å²) in [6, 6.07) is 3.43. The topological polar surface area (TPSA) is 63.6 Å². The molecule has 0 unspecified atom stereocenters. The van der Waals surface area contributed by atoms with E-state index in [1.807, 2.05) is 6.07 Å². The summed E-state index contributed by atoms with van der Waals surface area (Å²) in [6.07, 6.45) is 1.35. The molecule has 0 aliphatic heterocycles. The second-order valence-corrected chi connectivity index (χ2v) is 7.54. The van der Waals surface area contributed by atoms with Crippen LogP contribution in [0.4, 0.5) is 13.2 Å². The first kappa shape index (κ1) is 16.5. The number of nitrogens with one attached hydrogen (secondary N) is 1. The third-order valence-electron chi connectivity index (χ3n) is 5.37. The fraction of sp³-hybridized carbons (Fsp3) is 0.421. The number of aromatic amines is 1. The molecule has 8 heteroatoms. The number of aromatic nitrogens is 4. The predicted molar refractivity (Wildman–Crippen MR) is 93.2 cm³/mol. The number of alkyl halides is 3. The number of nitrogens with zero attached hydrogens (tertiary/aromatic N) is 3. The van der Waals surface area contributed by atoms with Crippen molar-refractivity contribution in [1.29, 1.82) is 0 Å². The van der Waals surface area contributed by atoms with E-state index in [1.165, 1.54) is 16.9 Å². The maximum atomic E-state index is 14.3. The fourth-order valence-corrected chi connectivity index (χ4v) is 3.56. The number of hydrogen-bond acceptors (Lipinski definition) is 3. The van der Waals surface area contributed by atoms with Gasteiger partial charge in [-0.3, -0.25) is 4.79 Å². The molecular weight excluding hydrogens is 357 g/mol. The Hall–Kier alpha value is -2.64. The van der Waals surface area contributed by atoms with Crippen LogP contribution < -0.4 is 5.56 Å². The molecule has 2 aromatic heterocycles. The molecule has 0 amide bonds. The summed E-state index contributed by atoms with van der Waals surface area (Å²) >= 11 is 0. The maximum absolute atomic E-state index is 14.3. The van der Waals surface area contributed by atoms with Gasteiger partial charge >= 0.3 is 0 Å². The van der Waals surface area contributed by atoms with Gasteiger partial charge in [-0.05, 0) is 55.7 Å². The molecular formula is C19H17F3N4O. The lowest BCUT2D eigenvalue weighted by Crippen LogP contribution is -2.15. The third-order valence-corrected chi connectivity index (χ3v) is 5.37. The summed E-state index contributed by atoms with van der Waals surface area (Å²) in [6.45, 7) is 1.75. The van der Waals surface area contributed by atoms with Crippen molar-refractivity contribution >= 4 is 11.0 Å². The van der Waals surface area contributed by atoms with E-state index in [9.17, 15) is 18.0 Å². The zero-order valence-corrected chi connectivity index (χ0v) is 14.6. The van der Waals surface area contributed by atoms with Crippen LogP contribution in [0.5, 0.6) is 0 Å². The molecule has 27 heavy (non-hydrogen) atoms. The van der Waals surface area contributed by atoms with Crippen molar-refractivity contribution in [2.45, 2.75) is 50.6 Å². The smallest absolute Gasteiger partial charge is 0.265 e. The summed E-state index contributed by atoms with van der Waals surface area (Å²) < 4.78 is 43.0. The van der Waals surface area contributed by atoms with Crippen molar-refractivity contribution in [3.63, 3.8) is 0 Å². The Balaban J connectivity index is 1.69. The van der Waals surface area contributed by atoms with Gasteiger partial charge in [-0.25, -0.2) is 22.8 Å². The molecule has 2 aliphatic carbocycles. The largest absolute Gasteiger partial charge is 0.307 e. The van der Waals surface area contributed by atoms with E-state index in [2.05, 4.69) is 15.1 Å². The summed E-state index contributed by atoms with van der Waals surface area (Å²) in [5, 5.41) is 4.37. The molecule has 1 N–H and O–H groups in total. The summed E-state index contributed by atoms with van der Waals surface area (Å²) in [7, 11) is 0. The highest BCUT2D eigenvalue weighted by molar-refractivity contribution is 5.74. The van der Waals surface area contributed by atoms with Gasteiger partial charge < -0.3 is 4.98 Å². The second kappa shape index (κ2) is 5.43. The predicted octanol–water partition coefficient (Wildman–Crippen LogP) is 4.19. The van der Waals surface area contributed by atoms with Crippen molar-refractivity contribution in [3.8, 4) is 5.69 Å². The van der Waals surface area contributed by atoms with Gasteiger partial charge in [0.2, 0.25) is 0 Å². The Bertz CT molecular complexity index is 1130. The minimum atomic E-state index is -2.67. The average molecular weight is 374 g/mol. The number of fused-ring (bicyclic) bond motifs is 1. The molecule has 0 saturated heterocycles. The van der Waals surface area contributed by atoms with Crippen LogP contribution in [0.3, 0.4) is 0 Å². The molecule has 0 spiro atoms. The van der Waals surface area contributed by atoms with Gasteiger partial charge in [0.25, 0.3) is 12.0 Å². The molecule has 3 aromatic rings. The molecule has 1 aromatic carbocycles. The summed E-state index contributed by atoms with van der Waals surface area (Å²) in [5.74, 6) is 0.304. The van der Waals surface area contributed by atoms with Crippen LogP contribution in [0.2, 0.25) is 0 Å². The van der Waals surface area contributed by atoms with E-state index < -0.39 is 17.7 Å². The maximum Gasteiger partial charge on any atom is 0.265 e. The van der Waals surface area contributed by atoms with E-state index in [4.69, 9.17) is 0 Å². The van der Waals surface area contributed by atoms with Crippen LogP contribution in [-0.2, 0) is 5.67 Å². The van der Waals surface area contributed by atoms with Crippen molar-refractivity contribution < 1.29 is 13.2 Å². The van der Waals surface area contributed by atoms with Gasteiger partial charge in [-0.2, -0.15) is 0 Å². The highest BCUT2D eigenvalue weighted by atomic mass is 19.3. The number of H-pyrrole nitrogens is 1. The lowest BCUT2D eigenvalue weighted by molar-refractivity contribution is 0.151. The highest BCUT2D eigenvalue weighted by Crippen LogP contribution is 2.47. The van der Waals surface area contributed by atoms with E-state index in [-0.39, 0.29) is 28.1 Å². The molecule has 140 valence electrons. The molecule has 0 bridgehead atoms. The number of aryl methyl sites for hydroxylation is 1. The zero-order valence-electron chi connectivity index (χ0n) is 14.6. The molecule has 0 atom stereocenters. The van der Waals surface area contributed by atoms with Gasteiger partial charge in [0, 0.05) is 11.8 Å². The fourth-order valence-electron chi connectivity index (χ4n) is 3.56. The van der Waals surface area contributed by atoms with E-state index in [0.717, 1.165) is 18.4 Å². The van der Waals surface area contributed by atoms with Gasteiger partial charge in [0.1, 0.15) is 11.2 Å². The van der Waals surface area contributed by atoms with Crippen LogP contribution in [0.15, 0.2) is 23.1 Å². The van der Waals surface area contributed by atoms with Crippen molar-refractivity contribution in [3.05, 3.63) is 51.2 Å². The Morgan fingerprint density at radius 3 is 2.67 bits per heavy atom. The van der Waals surface area contributed by atoms with E-state index >= 15 is 0 Å². The molecule has 5 nitrogen and oxygen atoms in total. The van der Waals surface area contributed by atoms with E-state index in [1.54, 1.807) is 6.92 Å². The molecule has 2 aliphatic rings. The molecule has 2 heterocycles. The van der Waals surface area contributed by atoms with Gasteiger partial charge in [0.15, 0.2) is 11.3 Å². The number of hydrogen-bond donors (Lipinski definition) is 1. The SMILES string of the molecule is Cc1cc(C2CC2)cc(C(F)F)c1-n1cc2c(=O)[nH]c(C3(F)CC3)nc2n1. The quantitative estimate of drug-likeness (QED) is 0.745. The van der Waals surface area contributed by atoms with Crippen LogP contribution in [0.25, 0.3) is 16.7 Å². The number of rotatable bonds is 4. The minimum Gasteiger partial charge on any atom is -0.307 e. The monoisotopic (exact) mass is 374 g/mol. The molecule has 5 rings (SSSR count). The molecule has 0 radical (unpaired) electrons. The van der Waals surface area contributed by atoms with Crippen LogP contribution >= 0.6 is 0 Å². The zero-order chi connectivity index (χ0) is 18.9. The van der Waals surface area contributed by atoms with Crippen LogP contribution in [0.1, 0.15) is 60.5 Å². The minimum absolute atomic E-state index is 0.0415. The second-order valence-electron chi connectivity index (χ2n) is 7.54. The first-order chi connectivity index (χ1) is 12.9. The van der Waals surface area contributed by atoms with Gasteiger partial charge in [0.05, 0.1) is 5.69 Å². The van der Waals surface area contributed by atoms with Crippen LogP contribution in [0, 0.1) is 6.92 Å². The van der Waals surface area contributed by atoms with Crippen molar-refractivity contribution in [2.75, 3.05) is 0 Å². The molecule has 2 fully saturated rings. The standard InChI is InChI=1S/C19H17F3N4O/c1-9-6-11(10-2-3-10)7-12(15(20)21)14(9)26-8-13-16(25-26)23-18(24-17(13)27)19(22)4-5-19/h6-8,10,15H,2-5H2,1H3,(H,23,24,25,27). The van der Waals surface area contributed by atoms with Crippen LogP contribution in [-0.4, -0.2) is 19.7 Å². The average Bonchev–Trinajstić information content (AvgIpc) is 3.53. The lowest BCUT2D eigenvalue weighted by atomic mass is 10.0. The van der Waals surface area contributed by atoms with Crippen molar-refractivity contribution in [2.24, 2.45) is 0 Å². The lowest BCUT2D eigenvalue weighted by Gasteiger charge is -2.14. The Labute approximate surface area is 152 Å². The van der Waals surface area contributed by atoms with Crippen molar-refractivity contribution in [1.82, 2.24) is 19.7 Å². The number of benzene rings is 1. The van der Waals surface area contributed by atoms with Gasteiger partial charge in [-0.1, -0.05) is 6.07 Å². The van der Waals surface area contributed by atoms with E-state index in [0.29, 0.717) is 24.3 Å². The first-order valence-corrected chi connectivity index (χ1v) is 8.98. The Morgan fingerprint density at radius 2 is 2.04 bits per heavy atom. The Kier molecular flexibility index (Phi) is 3.33. The number of halogens is 3.